The standard InChI is InChI=1S/C8H9N7OS/c1-16-7-12-6(15-9)13-8(14-7)17-5-2-3-10-4-11-5/h2-4H,9H2,1H3,(H,12,13,14,15). The van der Waals surface area contributed by atoms with E-state index >= 15 is 0 Å². The minimum Gasteiger partial charge on any atom is -0.467 e. The molecule has 2 rings (SSSR count). The zero-order valence-electron chi connectivity index (χ0n) is 8.86. The van der Waals surface area contributed by atoms with Crippen LogP contribution in [-0.4, -0.2) is 32.0 Å². The van der Waals surface area contributed by atoms with Crippen molar-refractivity contribution in [3.8, 4) is 6.01 Å². The summed E-state index contributed by atoms with van der Waals surface area (Å²) in [5, 5.41) is 1.15. The first kappa shape index (κ1) is 11.5. The van der Waals surface area contributed by atoms with Crippen molar-refractivity contribution in [2.75, 3.05) is 12.5 Å². The average Bonchev–Trinajstić information content (AvgIpc) is 2.39. The summed E-state index contributed by atoms with van der Waals surface area (Å²) >= 11 is 1.26. The van der Waals surface area contributed by atoms with Crippen LogP contribution >= 0.6 is 11.8 Å². The molecule has 0 unspecified atom stereocenters. The molecular weight excluding hydrogens is 242 g/mol. The number of nitrogens with zero attached hydrogens (tertiary/aromatic N) is 5. The molecule has 0 spiro atoms. The third-order valence-corrected chi connectivity index (χ3v) is 2.47. The molecule has 2 heterocycles. The first-order valence-corrected chi connectivity index (χ1v) is 5.34. The maximum absolute atomic E-state index is 5.24. The lowest BCUT2D eigenvalue weighted by molar-refractivity contribution is 0.373. The summed E-state index contributed by atoms with van der Waals surface area (Å²) < 4.78 is 4.93. The van der Waals surface area contributed by atoms with E-state index in [0.717, 1.165) is 5.03 Å². The Balaban J connectivity index is 2.26. The van der Waals surface area contributed by atoms with Gasteiger partial charge in [-0.05, 0) is 17.8 Å². The number of hydrazine groups is 1. The predicted octanol–water partition coefficient (Wildman–Crippen LogP) is 0.107. The monoisotopic (exact) mass is 251 g/mol. The smallest absolute Gasteiger partial charge is 0.322 e. The lowest BCUT2D eigenvalue weighted by Gasteiger charge is -2.04. The largest absolute Gasteiger partial charge is 0.467 e. The Morgan fingerprint density at radius 1 is 1.35 bits per heavy atom. The molecule has 9 heteroatoms. The third-order valence-electron chi connectivity index (χ3n) is 1.66. The van der Waals surface area contributed by atoms with Crippen molar-refractivity contribution in [3.63, 3.8) is 0 Å². The number of hydrogen-bond acceptors (Lipinski definition) is 9. The van der Waals surface area contributed by atoms with Gasteiger partial charge in [0.15, 0.2) is 0 Å². The van der Waals surface area contributed by atoms with E-state index in [1.54, 1.807) is 12.3 Å². The minimum absolute atomic E-state index is 0.185. The van der Waals surface area contributed by atoms with Crippen LogP contribution in [0.25, 0.3) is 0 Å². The third kappa shape index (κ3) is 2.98. The number of nitrogens with one attached hydrogen (secondary N) is 1. The van der Waals surface area contributed by atoms with Crippen LogP contribution in [0.4, 0.5) is 5.95 Å². The fourth-order valence-corrected chi connectivity index (χ4v) is 1.64. The van der Waals surface area contributed by atoms with Crippen LogP contribution < -0.4 is 16.0 Å². The number of aromatic nitrogens is 5. The topological polar surface area (TPSA) is 112 Å². The highest BCUT2D eigenvalue weighted by Gasteiger charge is 2.08. The lowest BCUT2D eigenvalue weighted by atomic mass is 10.7. The maximum Gasteiger partial charge on any atom is 0.322 e. The number of nitrogen functional groups attached to an aromatic ring is 1. The fourth-order valence-electron chi connectivity index (χ4n) is 0.972. The SMILES string of the molecule is COc1nc(NN)nc(Sc2ccncn2)n1. The minimum atomic E-state index is 0.185. The van der Waals surface area contributed by atoms with Crippen LogP contribution in [0.15, 0.2) is 28.8 Å². The van der Waals surface area contributed by atoms with Gasteiger partial charge in [0.2, 0.25) is 11.1 Å². The highest BCUT2D eigenvalue weighted by atomic mass is 32.2. The first-order valence-electron chi connectivity index (χ1n) is 4.52. The van der Waals surface area contributed by atoms with Crippen LogP contribution in [0.1, 0.15) is 0 Å². The molecule has 8 nitrogen and oxygen atoms in total. The average molecular weight is 251 g/mol. The van der Waals surface area contributed by atoms with E-state index in [0.29, 0.717) is 5.16 Å². The van der Waals surface area contributed by atoms with Crippen molar-refractivity contribution in [3.05, 3.63) is 18.6 Å². The maximum atomic E-state index is 5.24. The molecule has 0 aliphatic rings. The molecule has 2 aromatic rings. The second kappa shape index (κ2) is 5.37. The molecule has 0 amide bonds. The van der Waals surface area contributed by atoms with Crippen LogP contribution in [0, 0.1) is 0 Å². The first-order chi connectivity index (χ1) is 8.31. The molecule has 0 fully saturated rings. The van der Waals surface area contributed by atoms with Gasteiger partial charge in [-0.25, -0.2) is 15.8 Å². The van der Waals surface area contributed by atoms with Crippen LogP contribution in [0.3, 0.4) is 0 Å². The summed E-state index contributed by atoms with van der Waals surface area (Å²) in [4.78, 5) is 19.9. The van der Waals surface area contributed by atoms with Crippen LogP contribution in [-0.2, 0) is 0 Å². The molecule has 0 saturated heterocycles. The summed E-state index contributed by atoms with van der Waals surface area (Å²) in [7, 11) is 1.47. The molecular formula is C8H9N7OS. The number of anilines is 1. The van der Waals surface area contributed by atoms with E-state index in [4.69, 9.17) is 10.6 Å². The quantitative estimate of drug-likeness (QED) is 0.444. The number of nitrogens with two attached hydrogens (primary N) is 1. The molecule has 17 heavy (non-hydrogen) atoms. The van der Waals surface area contributed by atoms with Crippen molar-refractivity contribution in [2.24, 2.45) is 5.84 Å². The highest BCUT2D eigenvalue weighted by Crippen LogP contribution is 2.23. The van der Waals surface area contributed by atoms with E-state index in [1.807, 2.05) is 0 Å². The normalized spacial score (nSPS) is 10.0. The van der Waals surface area contributed by atoms with Crippen molar-refractivity contribution in [1.82, 2.24) is 24.9 Å². The zero-order chi connectivity index (χ0) is 12.1. The van der Waals surface area contributed by atoms with Gasteiger partial charge in [-0.1, -0.05) is 0 Å². The Kier molecular flexibility index (Phi) is 3.62. The second-order valence-electron chi connectivity index (χ2n) is 2.72. The summed E-state index contributed by atoms with van der Waals surface area (Å²) in [6.45, 7) is 0. The summed E-state index contributed by atoms with van der Waals surface area (Å²) in [5.41, 5.74) is 2.34. The van der Waals surface area contributed by atoms with Crippen molar-refractivity contribution < 1.29 is 4.74 Å². The molecule has 0 saturated carbocycles. The Bertz CT molecular complexity index is 472. The van der Waals surface area contributed by atoms with Gasteiger partial charge in [0, 0.05) is 6.20 Å². The Labute approximate surface area is 101 Å². The Hall–Kier alpha value is -2.00. The number of methoxy groups -OCH3 is 1. The molecule has 0 aliphatic carbocycles. The Morgan fingerprint density at radius 2 is 2.24 bits per heavy atom. The van der Waals surface area contributed by atoms with E-state index in [9.17, 15) is 0 Å². The van der Waals surface area contributed by atoms with Gasteiger partial charge in [-0.15, -0.1) is 0 Å². The van der Waals surface area contributed by atoms with Gasteiger partial charge in [-0.3, -0.25) is 5.43 Å². The molecule has 0 atom stereocenters. The van der Waals surface area contributed by atoms with E-state index in [2.05, 4.69) is 30.3 Å². The van der Waals surface area contributed by atoms with Gasteiger partial charge >= 0.3 is 6.01 Å². The molecule has 0 bridgehead atoms. The fraction of sp³-hybridized carbons (Fsp3) is 0.125. The number of ether oxygens (including phenoxy) is 1. The summed E-state index contributed by atoms with van der Waals surface area (Å²) in [5.74, 6) is 5.47. The Morgan fingerprint density at radius 3 is 2.88 bits per heavy atom. The van der Waals surface area contributed by atoms with E-state index in [-0.39, 0.29) is 12.0 Å². The lowest BCUT2D eigenvalue weighted by Crippen LogP contribution is -2.12. The molecule has 0 radical (unpaired) electrons. The summed E-state index contributed by atoms with van der Waals surface area (Å²) in [6.07, 6.45) is 3.08. The molecule has 3 N–H and O–H groups in total. The van der Waals surface area contributed by atoms with E-state index in [1.165, 1.54) is 25.2 Å². The zero-order valence-corrected chi connectivity index (χ0v) is 9.68. The van der Waals surface area contributed by atoms with Gasteiger partial charge < -0.3 is 4.74 Å². The molecule has 88 valence electrons. The second-order valence-corrected chi connectivity index (χ2v) is 3.71. The van der Waals surface area contributed by atoms with Gasteiger partial charge in [-0.2, -0.15) is 15.0 Å². The summed E-state index contributed by atoms with van der Waals surface area (Å²) in [6, 6.07) is 1.93. The van der Waals surface area contributed by atoms with Crippen molar-refractivity contribution >= 4 is 17.7 Å². The van der Waals surface area contributed by atoms with Gasteiger partial charge in [0.05, 0.1) is 7.11 Å². The molecule has 2 aromatic heterocycles. The van der Waals surface area contributed by atoms with Crippen LogP contribution in [0.5, 0.6) is 6.01 Å². The molecule has 0 aromatic carbocycles. The highest BCUT2D eigenvalue weighted by molar-refractivity contribution is 7.99. The predicted molar refractivity (Wildman–Crippen MR) is 60.3 cm³/mol. The van der Waals surface area contributed by atoms with Crippen molar-refractivity contribution in [1.29, 1.82) is 0 Å². The van der Waals surface area contributed by atoms with Crippen molar-refractivity contribution in [2.45, 2.75) is 10.2 Å². The van der Waals surface area contributed by atoms with Crippen LogP contribution in [0.2, 0.25) is 0 Å². The van der Waals surface area contributed by atoms with Gasteiger partial charge in [0.1, 0.15) is 11.4 Å². The van der Waals surface area contributed by atoms with E-state index < -0.39 is 0 Å². The number of rotatable bonds is 4. The van der Waals surface area contributed by atoms with Gasteiger partial charge in [0.25, 0.3) is 0 Å². The number of hydrogen-bond donors (Lipinski definition) is 2. The molecule has 0 aliphatic heterocycles.